The van der Waals surface area contributed by atoms with Crippen LogP contribution in [0.15, 0.2) is 0 Å². The summed E-state index contributed by atoms with van der Waals surface area (Å²) in [6, 6.07) is 0. The van der Waals surface area contributed by atoms with E-state index in [0.717, 1.165) is 68.1 Å². The molecule has 2 nitrogen and oxygen atoms in total. The standard InChI is InChI=1S/C29H52O2/c1-7-29(31)17-16-28(6)21(19-29)8-10-23-24-11-9-20(27(24,5)15-13-25(23)28)18-22(30)12-14-26(2,3)4/h20-25,30-31H,7-19H2,1-6H3/t20?,21?,22?,23?,24?,25?,27?,28?,29-/m0/s1. The first-order chi connectivity index (χ1) is 14.4. The predicted octanol–water partition coefficient (Wildman–Crippen LogP) is 7.36. The molecule has 4 aliphatic carbocycles. The van der Waals surface area contributed by atoms with Crippen LogP contribution in [-0.4, -0.2) is 21.9 Å². The molecule has 8 unspecified atom stereocenters. The fourth-order valence-electron chi connectivity index (χ4n) is 9.19. The summed E-state index contributed by atoms with van der Waals surface area (Å²) in [5, 5.41) is 21.9. The van der Waals surface area contributed by atoms with E-state index >= 15 is 0 Å². The van der Waals surface area contributed by atoms with E-state index in [1.807, 2.05) is 0 Å². The maximum absolute atomic E-state index is 11.0. The minimum absolute atomic E-state index is 0.115. The van der Waals surface area contributed by atoms with Gasteiger partial charge in [-0.05, 0) is 129 Å². The molecule has 0 aromatic rings. The van der Waals surface area contributed by atoms with E-state index in [2.05, 4.69) is 41.5 Å². The molecular formula is C29H52O2. The van der Waals surface area contributed by atoms with E-state index in [1.54, 1.807) is 0 Å². The van der Waals surface area contributed by atoms with Crippen LogP contribution in [-0.2, 0) is 0 Å². The summed E-state index contributed by atoms with van der Waals surface area (Å²) < 4.78 is 0. The van der Waals surface area contributed by atoms with Crippen molar-refractivity contribution in [2.45, 2.75) is 137 Å². The molecule has 0 heterocycles. The Balaban J connectivity index is 1.44. The molecule has 0 bridgehead atoms. The second-order valence-electron chi connectivity index (χ2n) is 14.2. The van der Waals surface area contributed by atoms with Gasteiger partial charge in [0.2, 0.25) is 0 Å². The molecule has 0 aromatic carbocycles. The highest BCUT2D eigenvalue weighted by atomic mass is 16.3. The number of hydrogen-bond acceptors (Lipinski definition) is 2. The van der Waals surface area contributed by atoms with Gasteiger partial charge in [0.25, 0.3) is 0 Å². The van der Waals surface area contributed by atoms with Crippen molar-refractivity contribution in [1.82, 2.24) is 0 Å². The lowest BCUT2D eigenvalue weighted by atomic mass is 9.43. The van der Waals surface area contributed by atoms with Gasteiger partial charge in [-0.2, -0.15) is 0 Å². The van der Waals surface area contributed by atoms with Gasteiger partial charge in [0.05, 0.1) is 11.7 Å². The minimum Gasteiger partial charge on any atom is -0.393 e. The monoisotopic (exact) mass is 432 g/mol. The van der Waals surface area contributed by atoms with Gasteiger partial charge in [0, 0.05) is 0 Å². The molecule has 2 N–H and O–H groups in total. The maximum Gasteiger partial charge on any atom is 0.0648 e. The van der Waals surface area contributed by atoms with Gasteiger partial charge in [-0.15, -0.1) is 0 Å². The third-order valence-corrected chi connectivity index (χ3v) is 11.5. The van der Waals surface area contributed by atoms with Gasteiger partial charge in [-0.1, -0.05) is 41.5 Å². The van der Waals surface area contributed by atoms with Crippen molar-refractivity contribution in [3.63, 3.8) is 0 Å². The molecular weight excluding hydrogens is 380 g/mol. The number of aliphatic hydroxyl groups is 2. The molecule has 9 atom stereocenters. The van der Waals surface area contributed by atoms with Crippen molar-refractivity contribution in [2.75, 3.05) is 0 Å². The smallest absolute Gasteiger partial charge is 0.0648 e. The van der Waals surface area contributed by atoms with Crippen LogP contribution in [0.1, 0.15) is 125 Å². The maximum atomic E-state index is 11.0. The van der Waals surface area contributed by atoms with Crippen molar-refractivity contribution < 1.29 is 10.2 Å². The average Bonchev–Trinajstić information content (AvgIpc) is 3.03. The van der Waals surface area contributed by atoms with Gasteiger partial charge in [0.15, 0.2) is 0 Å². The lowest BCUT2D eigenvalue weighted by Gasteiger charge is -2.62. The molecule has 31 heavy (non-hydrogen) atoms. The van der Waals surface area contributed by atoms with Gasteiger partial charge in [-0.3, -0.25) is 0 Å². The summed E-state index contributed by atoms with van der Waals surface area (Å²) in [6.07, 6.45) is 15.5. The molecule has 0 amide bonds. The largest absolute Gasteiger partial charge is 0.393 e. The van der Waals surface area contributed by atoms with Gasteiger partial charge in [0.1, 0.15) is 0 Å². The van der Waals surface area contributed by atoms with Crippen LogP contribution in [0.3, 0.4) is 0 Å². The SMILES string of the molecule is CC[C@]1(O)CCC2(C)C(CCC3C4CCC(CC(O)CCC(C)(C)C)C4(C)CCC32)C1. The third-order valence-electron chi connectivity index (χ3n) is 11.5. The van der Waals surface area contributed by atoms with Crippen molar-refractivity contribution in [2.24, 2.45) is 45.8 Å². The molecule has 180 valence electrons. The van der Waals surface area contributed by atoms with E-state index in [9.17, 15) is 10.2 Å². The molecule has 0 aliphatic heterocycles. The van der Waals surface area contributed by atoms with Crippen molar-refractivity contribution in [1.29, 1.82) is 0 Å². The van der Waals surface area contributed by atoms with Gasteiger partial charge in [-0.25, -0.2) is 0 Å². The minimum atomic E-state index is -0.387. The summed E-state index contributed by atoms with van der Waals surface area (Å²) in [5.74, 6) is 4.08. The molecule has 0 radical (unpaired) electrons. The Morgan fingerprint density at radius 2 is 1.61 bits per heavy atom. The Labute approximate surface area is 193 Å². The zero-order valence-corrected chi connectivity index (χ0v) is 21.6. The van der Waals surface area contributed by atoms with Crippen molar-refractivity contribution in [3.05, 3.63) is 0 Å². The summed E-state index contributed by atoms with van der Waals surface area (Å²) in [7, 11) is 0. The number of hydrogen-bond donors (Lipinski definition) is 2. The molecule has 4 rings (SSSR count). The Hall–Kier alpha value is -0.0800. The predicted molar refractivity (Wildman–Crippen MR) is 130 cm³/mol. The fourth-order valence-corrected chi connectivity index (χ4v) is 9.19. The van der Waals surface area contributed by atoms with E-state index in [-0.39, 0.29) is 11.7 Å². The van der Waals surface area contributed by atoms with Crippen LogP contribution in [0.5, 0.6) is 0 Å². The number of rotatable bonds is 5. The van der Waals surface area contributed by atoms with Crippen molar-refractivity contribution in [3.8, 4) is 0 Å². The molecule has 0 saturated heterocycles. The van der Waals surface area contributed by atoms with E-state index in [0.29, 0.717) is 16.2 Å². The molecule has 4 fully saturated rings. The number of aliphatic hydroxyl groups excluding tert-OH is 1. The molecule has 4 saturated carbocycles. The lowest BCUT2D eigenvalue weighted by Crippen LogP contribution is -2.55. The molecule has 0 spiro atoms. The van der Waals surface area contributed by atoms with Crippen LogP contribution in [0.25, 0.3) is 0 Å². The topological polar surface area (TPSA) is 40.5 Å². The van der Waals surface area contributed by atoms with E-state index in [1.165, 1.54) is 44.9 Å². The summed E-state index contributed by atoms with van der Waals surface area (Å²) in [5.41, 5.74) is 0.836. The number of fused-ring (bicyclic) bond motifs is 5. The van der Waals surface area contributed by atoms with Crippen LogP contribution < -0.4 is 0 Å². The third kappa shape index (κ3) is 4.39. The highest BCUT2D eigenvalue weighted by Gasteiger charge is 2.61. The Morgan fingerprint density at radius 3 is 2.29 bits per heavy atom. The van der Waals surface area contributed by atoms with Crippen LogP contribution >= 0.6 is 0 Å². The Kier molecular flexibility index (Phi) is 6.44. The quantitative estimate of drug-likeness (QED) is 0.476. The zero-order valence-electron chi connectivity index (χ0n) is 21.6. The Morgan fingerprint density at radius 1 is 0.903 bits per heavy atom. The normalized spacial score (nSPS) is 48.6. The first kappa shape index (κ1) is 24.1. The van der Waals surface area contributed by atoms with E-state index < -0.39 is 0 Å². The van der Waals surface area contributed by atoms with Crippen LogP contribution in [0.2, 0.25) is 0 Å². The van der Waals surface area contributed by atoms with Crippen LogP contribution in [0.4, 0.5) is 0 Å². The summed E-state index contributed by atoms with van der Waals surface area (Å²) in [6.45, 7) is 14.3. The molecule has 4 aliphatic rings. The second-order valence-corrected chi connectivity index (χ2v) is 14.2. The highest BCUT2D eigenvalue weighted by molar-refractivity contribution is 5.10. The second kappa shape index (κ2) is 8.30. The van der Waals surface area contributed by atoms with Gasteiger partial charge < -0.3 is 10.2 Å². The lowest BCUT2D eigenvalue weighted by molar-refractivity contribution is -0.152. The zero-order chi connectivity index (χ0) is 22.7. The summed E-state index contributed by atoms with van der Waals surface area (Å²) >= 11 is 0. The first-order valence-corrected chi connectivity index (χ1v) is 13.8. The van der Waals surface area contributed by atoms with Gasteiger partial charge >= 0.3 is 0 Å². The average molecular weight is 433 g/mol. The Bertz CT molecular complexity index is 637. The molecule has 2 heteroatoms. The van der Waals surface area contributed by atoms with Crippen LogP contribution in [0, 0.1) is 45.8 Å². The highest BCUT2D eigenvalue weighted by Crippen LogP contribution is 2.68. The van der Waals surface area contributed by atoms with E-state index in [4.69, 9.17) is 0 Å². The fraction of sp³-hybridized carbons (Fsp3) is 1.00. The summed E-state index contributed by atoms with van der Waals surface area (Å²) in [4.78, 5) is 0. The molecule has 0 aromatic heterocycles. The van der Waals surface area contributed by atoms with Crippen molar-refractivity contribution >= 4 is 0 Å². The first-order valence-electron chi connectivity index (χ1n) is 13.8.